The van der Waals surface area contributed by atoms with Crippen molar-refractivity contribution >= 4 is 11.8 Å². The molecule has 1 aromatic carbocycles. The van der Waals surface area contributed by atoms with Crippen LogP contribution in [0.25, 0.3) is 0 Å². The molecule has 2 N–H and O–H groups in total. The van der Waals surface area contributed by atoms with Crippen molar-refractivity contribution in [3.8, 4) is 5.75 Å². The number of para-hydroxylation sites is 1. The normalized spacial score (nSPS) is 24.2. The third kappa shape index (κ3) is 3.65. The van der Waals surface area contributed by atoms with Crippen LogP contribution in [-0.2, 0) is 9.59 Å². The standard InChI is InChI=1S/C20H28N2O3/c1-3-21-19(24)20(11-7-4-8-12-20)22-18(23)16-13-15(16)14-9-5-6-10-17(14)25-2/h5-6,9-10,15-16H,3-4,7-8,11-13H2,1-2H3,(H,21,24)(H,22,23)/t15-,16+/m1/s1. The molecule has 0 bridgehead atoms. The Morgan fingerprint density at radius 3 is 2.60 bits per heavy atom. The monoisotopic (exact) mass is 344 g/mol. The van der Waals surface area contributed by atoms with Gasteiger partial charge in [0.05, 0.1) is 7.11 Å². The van der Waals surface area contributed by atoms with E-state index in [0.29, 0.717) is 6.54 Å². The van der Waals surface area contributed by atoms with Gasteiger partial charge in [-0.3, -0.25) is 9.59 Å². The van der Waals surface area contributed by atoms with Gasteiger partial charge in [0.15, 0.2) is 0 Å². The number of carbonyl (C=O) groups excluding carboxylic acids is 2. The fourth-order valence-corrected chi connectivity index (χ4v) is 4.02. The molecule has 0 spiro atoms. The van der Waals surface area contributed by atoms with E-state index < -0.39 is 5.54 Å². The van der Waals surface area contributed by atoms with Crippen LogP contribution in [0.15, 0.2) is 24.3 Å². The highest BCUT2D eigenvalue weighted by Gasteiger charge is 2.49. The van der Waals surface area contributed by atoms with Crippen molar-refractivity contribution in [1.82, 2.24) is 10.6 Å². The summed E-state index contributed by atoms with van der Waals surface area (Å²) >= 11 is 0. The molecule has 0 unspecified atom stereocenters. The largest absolute Gasteiger partial charge is 0.496 e. The quantitative estimate of drug-likeness (QED) is 0.834. The van der Waals surface area contributed by atoms with Gasteiger partial charge in [0.1, 0.15) is 11.3 Å². The van der Waals surface area contributed by atoms with E-state index in [1.807, 2.05) is 31.2 Å². The first-order chi connectivity index (χ1) is 12.1. The Morgan fingerprint density at radius 2 is 1.92 bits per heavy atom. The third-order valence-corrected chi connectivity index (χ3v) is 5.51. The number of hydrogen-bond donors (Lipinski definition) is 2. The molecule has 5 nitrogen and oxygen atoms in total. The molecular weight excluding hydrogens is 316 g/mol. The highest BCUT2D eigenvalue weighted by molar-refractivity contribution is 5.93. The predicted octanol–water partition coefficient (Wildman–Crippen LogP) is 2.75. The van der Waals surface area contributed by atoms with E-state index in [-0.39, 0.29) is 23.7 Å². The van der Waals surface area contributed by atoms with E-state index >= 15 is 0 Å². The Kier molecular flexibility index (Phi) is 5.30. The van der Waals surface area contributed by atoms with Crippen LogP contribution in [0.5, 0.6) is 5.75 Å². The molecule has 2 amide bonds. The maximum Gasteiger partial charge on any atom is 0.245 e. The number of likely N-dealkylation sites (N-methyl/N-ethyl adjacent to an activating group) is 1. The number of rotatable bonds is 6. The molecule has 25 heavy (non-hydrogen) atoms. The molecule has 5 heteroatoms. The van der Waals surface area contributed by atoms with Crippen LogP contribution in [-0.4, -0.2) is 31.0 Å². The first kappa shape index (κ1) is 17.8. The molecule has 3 rings (SSSR count). The van der Waals surface area contributed by atoms with Crippen LogP contribution < -0.4 is 15.4 Å². The van der Waals surface area contributed by atoms with Gasteiger partial charge >= 0.3 is 0 Å². The number of benzene rings is 1. The van der Waals surface area contributed by atoms with Gasteiger partial charge in [-0.2, -0.15) is 0 Å². The minimum atomic E-state index is -0.723. The molecule has 0 radical (unpaired) electrons. The lowest BCUT2D eigenvalue weighted by molar-refractivity contribution is -0.135. The van der Waals surface area contributed by atoms with Crippen molar-refractivity contribution in [3.63, 3.8) is 0 Å². The molecule has 136 valence electrons. The summed E-state index contributed by atoms with van der Waals surface area (Å²) in [6.07, 6.45) is 5.38. The van der Waals surface area contributed by atoms with Crippen LogP contribution in [0.2, 0.25) is 0 Å². The SMILES string of the molecule is CCNC(=O)C1(NC(=O)[C@H]2C[C@@H]2c2ccccc2OC)CCCCC1. The Hall–Kier alpha value is -2.04. The lowest BCUT2D eigenvalue weighted by atomic mass is 9.80. The average Bonchev–Trinajstić information content (AvgIpc) is 3.43. The van der Waals surface area contributed by atoms with Gasteiger partial charge in [-0.25, -0.2) is 0 Å². The fraction of sp³-hybridized carbons (Fsp3) is 0.600. The maximum absolute atomic E-state index is 12.8. The number of carbonyl (C=O) groups is 2. The van der Waals surface area contributed by atoms with Crippen molar-refractivity contribution in [2.75, 3.05) is 13.7 Å². The Morgan fingerprint density at radius 1 is 1.20 bits per heavy atom. The predicted molar refractivity (Wildman–Crippen MR) is 96.5 cm³/mol. The Labute approximate surface area is 149 Å². The summed E-state index contributed by atoms with van der Waals surface area (Å²) in [6.45, 7) is 2.50. The van der Waals surface area contributed by atoms with Crippen molar-refractivity contribution in [3.05, 3.63) is 29.8 Å². The van der Waals surface area contributed by atoms with E-state index in [4.69, 9.17) is 4.74 Å². The van der Waals surface area contributed by atoms with Crippen molar-refractivity contribution in [2.24, 2.45) is 5.92 Å². The highest BCUT2D eigenvalue weighted by Crippen LogP contribution is 2.50. The third-order valence-electron chi connectivity index (χ3n) is 5.51. The van der Waals surface area contributed by atoms with Gasteiger partial charge in [0.2, 0.25) is 11.8 Å². The van der Waals surface area contributed by atoms with E-state index in [1.165, 1.54) is 0 Å². The average molecular weight is 344 g/mol. The number of hydrogen-bond acceptors (Lipinski definition) is 3. The molecule has 0 heterocycles. The maximum atomic E-state index is 12.8. The first-order valence-corrected chi connectivity index (χ1v) is 9.34. The second kappa shape index (κ2) is 7.46. The summed E-state index contributed by atoms with van der Waals surface area (Å²) in [6, 6.07) is 7.87. The van der Waals surface area contributed by atoms with Crippen LogP contribution in [0.1, 0.15) is 56.9 Å². The summed E-state index contributed by atoms with van der Waals surface area (Å²) in [5, 5.41) is 6.03. The highest BCUT2D eigenvalue weighted by atomic mass is 16.5. The number of nitrogens with one attached hydrogen (secondary N) is 2. The molecule has 0 aromatic heterocycles. The topological polar surface area (TPSA) is 67.4 Å². The number of amides is 2. The van der Waals surface area contributed by atoms with Gasteiger partial charge in [-0.1, -0.05) is 37.5 Å². The number of ether oxygens (including phenoxy) is 1. The number of methoxy groups -OCH3 is 1. The van der Waals surface area contributed by atoms with Crippen molar-refractivity contribution in [2.45, 2.75) is 56.9 Å². The Bertz CT molecular complexity index is 638. The molecule has 1 aromatic rings. The van der Waals surface area contributed by atoms with E-state index in [1.54, 1.807) is 7.11 Å². The zero-order chi connectivity index (χ0) is 17.9. The van der Waals surface area contributed by atoms with Crippen LogP contribution in [0.4, 0.5) is 0 Å². The van der Waals surface area contributed by atoms with Crippen LogP contribution in [0, 0.1) is 5.92 Å². The van der Waals surface area contributed by atoms with Crippen molar-refractivity contribution < 1.29 is 14.3 Å². The van der Waals surface area contributed by atoms with Gasteiger partial charge < -0.3 is 15.4 Å². The van der Waals surface area contributed by atoms with Gasteiger partial charge in [-0.15, -0.1) is 0 Å². The second-order valence-electron chi connectivity index (χ2n) is 7.18. The minimum absolute atomic E-state index is 0.00376. The molecule has 2 aliphatic rings. The summed E-state index contributed by atoms with van der Waals surface area (Å²) in [5.74, 6) is 0.927. The minimum Gasteiger partial charge on any atom is -0.496 e. The summed E-state index contributed by atoms with van der Waals surface area (Å²) in [7, 11) is 1.66. The molecule has 2 fully saturated rings. The summed E-state index contributed by atoms with van der Waals surface area (Å²) in [5.41, 5.74) is 0.361. The van der Waals surface area contributed by atoms with Crippen LogP contribution in [0.3, 0.4) is 0 Å². The van der Waals surface area contributed by atoms with E-state index in [9.17, 15) is 9.59 Å². The van der Waals surface area contributed by atoms with Crippen LogP contribution >= 0.6 is 0 Å². The smallest absolute Gasteiger partial charge is 0.245 e. The summed E-state index contributed by atoms with van der Waals surface area (Å²) in [4.78, 5) is 25.4. The lowest BCUT2D eigenvalue weighted by Gasteiger charge is -2.36. The molecule has 2 atom stereocenters. The van der Waals surface area contributed by atoms with Gasteiger partial charge in [-0.05, 0) is 43.7 Å². The van der Waals surface area contributed by atoms with Gasteiger partial charge in [0, 0.05) is 12.5 Å². The molecular formula is C20H28N2O3. The zero-order valence-corrected chi connectivity index (χ0v) is 15.1. The first-order valence-electron chi connectivity index (χ1n) is 9.34. The zero-order valence-electron chi connectivity index (χ0n) is 15.1. The lowest BCUT2D eigenvalue weighted by Crippen LogP contribution is -2.60. The molecule has 0 saturated heterocycles. The molecule has 0 aliphatic heterocycles. The summed E-state index contributed by atoms with van der Waals surface area (Å²) < 4.78 is 5.42. The van der Waals surface area contributed by atoms with Crippen molar-refractivity contribution in [1.29, 1.82) is 0 Å². The Balaban J connectivity index is 1.70. The second-order valence-corrected chi connectivity index (χ2v) is 7.18. The molecule has 2 saturated carbocycles. The molecule has 2 aliphatic carbocycles. The van der Waals surface area contributed by atoms with E-state index in [2.05, 4.69) is 10.6 Å². The van der Waals surface area contributed by atoms with Gasteiger partial charge in [0.25, 0.3) is 0 Å². The van der Waals surface area contributed by atoms with E-state index in [0.717, 1.165) is 49.8 Å². The fourth-order valence-electron chi connectivity index (χ4n) is 4.02.